The average Bonchev–Trinajstić information content (AvgIpc) is 3.16. The molecule has 1 saturated heterocycles. The topological polar surface area (TPSA) is 38.8 Å². The number of likely N-dealkylation sites (tertiary alicyclic amines) is 1. The Kier molecular flexibility index (Phi) is 5.27. The number of fused-ring (bicyclic) bond motifs is 1. The van der Waals surface area contributed by atoms with Gasteiger partial charge in [0.1, 0.15) is 13.2 Å². The summed E-state index contributed by atoms with van der Waals surface area (Å²) >= 11 is 7.55. The second-order valence-electron chi connectivity index (χ2n) is 6.39. The molecule has 26 heavy (non-hydrogen) atoms. The van der Waals surface area contributed by atoms with Gasteiger partial charge in [0.25, 0.3) is 0 Å². The molecule has 0 aromatic heterocycles. The van der Waals surface area contributed by atoms with Crippen molar-refractivity contribution >= 4 is 29.3 Å². The van der Waals surface area contributed by atoms with Crippen LogP contribution in [0.2, 0.25) is 5.02 Å². The van der Waals surface area contributed by atoms with Crippen LogP contribution in [0.25, 0.3) is 0 Å². The molecule has 0 N–H and O–H groups in total. The Hall–Kier alpha value is -1.85. The molecule has 2 aromatic rings. The Balaban J connectivity index is 1.45. The summed E-state index contributed by atoms with van der Waals surface area (Å²) in [6, 6.07) is 13.7. The van der Waals surface area contributed by atoms with Crippen LogP contribution >= 0.6 is 23.4 Å². The van der Waals surface area contributed by atoms with Gasteiger partial charge in [0.15, 0.2) is 11.5 Å². The van der Waals surface area contributed by atoms with Gasteiger partial charge in [-0.1, -0.05) is 23.7 Å². The highest BCUT2D eigenvalue weighted by Gasteiger charge is 2.30. The summed E-state index contributed by atoms with van der Waals surface area (Å²) in [5.41, 5.74) is 1.12. The molecule has 1 amide bonds. The standard InChI is InChI=1S/C20H20ClNO3S/c21-15-3-1-4-16(12-15)26-13-20(23)22-8-2-5-17(22)14-6-7-18-19(11-14)25-10-9-24-18/h1,3-4,6-7,11-12,17H,2,5,8-10,13H2. The Morgan fingerprint density at radius 1 is 1.15 bits per heavy atom. The Morgan fingerprint density at radius 2 is 2.00 bits per heavy atom. The SMILES string of the molecule is O=C(CSc1cccc(Cl)c1)N1CCCC1c1ccc2c(c1)OCCO2. The number of amides is 1. The highest BCUT2D eigenvalue weighted by molar-refractivity contribution is 8.00. The van der Waals surface area contributed by atoms with Crippen molar-refractivity contribution in [1.82, 2.24) is 4.90 Å². The lowest BCUT2D eigenvalue weighted by Crippen LogP contribution is -2.32. The number of rotatable bonds is 4. The molecule has 2 aromatic carbocycles. The fourth-order valence-corrected chi connectivity index (χ4v) is 4.56. The van der Waals surface area contributed by atoms with Crippen LogP contribution in [0.1, 0.15) is 24.4 Å². The van der Waals surface area contributed by atoms with Crippen molar-refractivity contribution in [3.8, 4) is 11.5 Å². The molecular formula is C20H20ClNO3S. The van der Waals surface area contributed by atoms with E-state index < -0.39 is 0 Å². The maximum atomic E-state index is 12.8. The first-order valence-electron chi connectivity index (χ1n) is 8.78. The lowest BCUT2D eigenvalue weighted by Gasteiger charge is -2.26. The van der Waals surface area contributed by atoms with Crippen LogP contribution < -0.4 is 9.47 Å². The zero-order valence-electron chi connectivity index (χ0n) is 14.3. The third kappa shape index (κ3) is 3.79. The van der Waals surface area contributed by atoms with Gasteiger partial charge < -0.3 is 14.4 Å². The summed E-state index contributed by atoms with van der Waals surface area (Å²) in [7, 11) is 0. The predicted octanol–water partition coefficient (Wildman–Crippen LogP) is 4.57. The Morgan fingerprint density at radius 3 is 2.85 bits per heavy atom. The zero-order valence-corrected chi connectivity index (χ0v) is 15.9. The van der Waals surface area contributed by atoms with Crippen molar-refractivity contribution < 1.29 is 14.3 Å². The third-order valence-electron chi connectivity index (χ3n) is 4.68. The first-order chi connectivity index (χ1) is 12.7. The summed E-state index contributed by atoms with van der Waals surface area (Å²) in [4.78, 5) is 15.8. The fraction of sp³-hybridized carbons (Fsp3) is 0.350. The van der Waals surface area contributed by atoms with Crippen LogP contribution in [0.5, 0.6) is 11.5 Å². The van der Waals surface area contributed by atoms with Crippen molar-refractivity contribution in [2.24, 2.45) is 0 Å². The number of thioether (sulfide) groups is 1. The van der Waals surface area contributed by atoms with Gasteiger partial charge in [-0.25, -0.2) is 0 Å². The second kappa shape index (κ2) is 7.80. The minimum Gasteiger partial charge on any atom is -0.486 e. The van der Waals surface area contributed by atoms with Crippen LogP contribution in [0.3, 0.4) is 0 Å². The summed E-state index contributed by atoms with van der Waals surface area (Å²) in [6.07, 6.45) is 2.00. The number of benzene rings is 2. The first kappa shape index (κ1) is 17.6. The van der Waals surface area contributed by atoms with Crippen molar-refractivity contribution in [2.75, 3.05) is 25.5 Å². The lowest BCUT2D eigenvalue weighted by molar-refractivity contribution is -0.129. The molecule has 2 aliphatic heterocycles. The second-order valence-corrected chi connectivity index (χ2v) is 7.88. The third-order valence-corrected chi connectivity index (χ3v) is 5.90. The molecule has 6 heteroatoms. The molecule has 2 aliphatic rings. The fourth-order valence-electron chi connectivity index (χ4n) is 3.46. The van der Waals surface area contributed by atoms with Gasteiger partial charge in [-0.2, -0.15) is 0 Å². The molecule has 0 bridgehead atoms. The number of ether oxygens (including phenoxy) is 2. The van der Waals surface area contributed by atoms with Crippen LogP contribution in [0.15, 0.2) is 47.4 Å². The smallest absolute Gasteiger partial charge is 0.233 e. The van der Waals surface area contributed by atoms with Gasteiger partial charge >= 0.3 is 0 Å². The molecule has 0 saturated carbocycles. The Labute approximate surface area is 162 Å². The number of hydrogen-bond donors (Lipinski definition) is 0. The largest absolute Gasteiger partial charge is 0.486 e. The van der Waals surface area contributed by atoms with E-state index in [1.165, 1.54) is 11.8 Å². The van der Waals surface area contributed by atoms with Crippen LogP contribution in [0.4, 0.5) is 0 Å². The minimum absolute atomic E-state index is 0.110. The normalized spacial score (nSPS) is 18.8. The number of carbonyl (C=O) groups is 1. The van der Waals surface area contributed by atoms with Crippen molar-refractivity contribution in [3.05, 3.63) is 53.1 Å². The maximum absolute atomic E-state index is 12.8. The van der Waals surface area contributed by atoms with E-state index in [0.29, 0.717) is 24.0 Å². The van der Waals surface area contributed by atoms with Crippen molar-refractivity contribution in [1.29, 1.82) is 0 Å². The van der Waals surface area contributed by atoms with Crippen molar-refractivity contribution in [2.45, 2.75) is 23.8 Å². The summed E-state index contributed by atoms with van der Waals surface area (Å²) < 4.78 is 11.3. The van der Waals surface area contributed by atoms with E-state index >= 15 is 0 Å². The molecule has 136 valence electrons. The van der Waals surface area contributed by atoms with Crippen LogP contribution in [0, 0.1) is 0 Å². The van der Waals surface area contributed by atoms with Gasteiger partial charge in [0.2, 0.25) is 5.91 Å². The quantitative estimate of drug-likeness (QED) is 0.718. The summed E-state index contributed by atoms with van der Waals surface area (Å²) in [5.74, 6) is 2.14. The van der Waals surface area contributed by atoms with E-state index in [-0.39, 0.29) is 11.9 Å². The summed E-state index contributed by atoms with van der Waals surface area (Å²) in [6.45, 7) is 1.95. The van der Waals surface area contributed by atoms with Crippen LogP contribution in [-0.4, -0.2) is 36.3 Å². The number of nitrogens with zero attached hydrogens (tertiary/aromatic N) is 1. The molecule has 0 aliphatic carbocycles. The first-order valence-corrected chi connectivity index (χ1v) is 10.1. The van der Waals surface area contributed by atoms with E-state index in [1.807, 2.05) is 47.4 Å². The van der Waals surface area contributed by atoms with E-state index in [2.05, 4.69) is 0 Å². The highest BCUT2D eigenvalue weighted by Crippen LogP contribution is 2.38. The summed E-state index contributed by atoms with van der Waals surface area (Å²) in [5, 5.41) is 0.692. The van der Waals surface area contributed by atoms with Gasteiger partial charge in [-0.15, -0.1) is 11.8 Å². The zero-order chi connectivity index (χ0) is 17.9. The number of hydrogen-bond acceptors (Lipinski definition) is 4. The molecule has 1 atom stereocenters. The lowest BCUT2D eigenvalue weighted by atomic mass is 10.0. The van der Waals surface area contributed by atoms with Crippen LogP contribution in [-0.2, 0) is 4.79 Å². The van der Waals surface area contributed by atoms with Gasteiger partial charge in [0, 0.05) is 16.5 Å². The minimum atomic E-state index is 0.110. The average molecular weight is 390 g/mol. The number of carbonyl (C=O) groups excluding carboxylic acids is 1. The molecule has 1 unspecified atom stereocenters. The van der Waals surface area contributed by atoms with Gasteiger partial charge in [-0.3, -0.25) is 4.79 Å². The molecule has 4 nitrogen and oxygen atoms in total. The highest BCUT2D eigenvalue weighted by atomic mass is 35.5. The van der Waals surface area contributed by atoms with E-state index in [9.17, 15) is 4.79 Å². The van der Waals surface area contributed by atoms with Crippen molar-refractivity contribution in [3.63, 3.8) is 0 Å². The number of halogens is 1. The van der Waals surface area contributed by atoms with E-state index in [0.717, 1.165) is 41.3 Å². The molecular weight excluding hydrogens is 370 g/mol. The molecule has 1 fully saturated rings. The molecule has 0 spiro atoms. The monoisotopic (exact) mass is 389 g/mol. The maximum Gasteiger partial charge on any atom is 0.233 e. The molecule has 4 rings (SSSR count). The van der Waals surface area contributed by atoms with Gasteiger partial charge in [-0.05, 0) is 48.7 Å². The van der Waals surface area contributed by atoms with E-state index in [1.54, 1.807) is 0 Å². The van der Waals surface area contributed by atoms with Gasteiger partial charge in [0.05, 0.1) is 11.8 Å². The predicted molar refractivity (Wildman–Crippen MR) is 103 cm³/mol. The Bertz CT molecular complexity index is 813. The molecule has 0 radical (unpaired) electrons. The molecule has 2 heterocycles. The van der Waals surface area contributed by atoms with E-state index in [4.69, 9.17) is 21.1 Å².